The Bertz CT molecular complexity index is 1330. The fourth-order valence-electron chi connectivity index (χ4n) is 6.12. The lowest BCUT2D eigenvalue weighted by atomic mass is 10.1. The number of phosphoric ester groups is 1. The van der Waals surface area contributed by atoms with Crippen LogP contribution in [0.1, 0.15) is 181 Å². The number of quaternary nitrogens is 1. The molecule has 0 amide bonds. The molecule has 0 N–H and O–H groups in total. The van der Waals surface area contributed by atoms with Crippen molar-refractivity contribution in [3.63, 3.8) is 0 Å². The number of carbonyl (C=O) groups is 2. The lowest BCUT2D eigenvalue weighted by molar-refractivity contribution is -0.870. The molecule has 62 heavy (non-hydrogen) atoms. The second-order valence-electron chi connectivity index (χ2n) is 17.1. The molecular formula is C52H90NO8P. The molecule has 2 atom stereocenters. The Balaban J connectivity index is 4.37. The van der Waals surface area contributed by atoms with E-state index in [0.717, 1.165) is 103 Å². The normalized spacial score (nSPS) is 14.2. The topological polar surface area (TPSA) is 111 Å². The largest absolute Gasteiger partial charge is 0.756 e. The van der Waals surface area contributed by atoms with Crippen LogP contribution >= 0.6 is 7.82 Å². The molecule has 356 valence electrons. The molecule has 9 nitrogen and oxygen atoms in total. The van der Waals surface area contributed by atoms with Crippen molar-refractivity contribution in [1.29, 1.82) is 0 Å². The van der Waals surface area contributed by atoms with Gasteiger partial charge in [-0.05, 0) is 89.9 Å². The van der Waals surface area contributed by atoms with Crippen LogP contribution in [0.25, 0.3) is 0 Å². The Labute approximate surface area is 380 Å². The van der Waals surface area contributed by atoms with Crippen LogP contribution in [-0.2, 0) is 32.7 Å². The van der Waals surface area contributed by atoms with E-state index in [9.17, 15) is 19.0 Å². The Morgan fingerprint density at radius 3 is 1.37 bits per heavy atom. The van der Waals surface area contributed by atoms with Crippen molar-refractivity contribution in [2.75, 3.05) is 47.5 Å². The van der Waals surface area contributed by atoms with E-state index in [4.69, 9.17) is 18.5 Å². The molecule has 0 spiro atoms. The summed E-state index contributed by atoms with van der Waals surface area (Å²) >= 11 is 0. The van der Waals surface area contributed by atoms with Crippen molar-refractivity contribution in [2.24, 2.45) is 0 Å². The molecule has 2 unspecified atom stereocenters. The maximum atomic E-state index is 12.7. The number of likely N-dealkylation sites (N-methyl/N-ethyl adjacent to an activating group) is 1. The molecule has 0 heterocycles. The molecule has 10 heteroatoms. The fraction of sp³-hybridized carbons (Fsp3) is 0.692. The van der Waals surface area contributed by atoms with Crippen LogP contribution in [0.2, 0.25) is 0 Å². The zero-order valence-electron chi connectivity index (χ0n) is 40.0. The summed E-state index contributed by atoms with van der Waals surface area (Å²) in [6.07, 6.45) is 56.1. The van der Waals surface area contributed by atoms with Gasteiger partial charge in [-0.25, -0.2) is 0 Å². The monoisotopic (exact) mass is 888 g/mol. The number of allylic oxidation sites excluding steroid dienone is 14. The van der Waals surface area contributed by atoms with Crippen LogP contribution in [0.3, 0.4) is 0 Å². The highest BCUT2D eigenvalue weighted by Crippen LogP contribution is 2.38. The summed E-state index contributed by atoms with van der Waals surface area (Å²) in [6, 6.07) is 0. The molecule has 0 rings (SSSR count). The van der Waals surface area contributed by atoms with Crippen LogP contribution in [-0.4, -0.2) is 70.0 Å². The number of nitrogens with zero attached hydrogens (tertiary/aromatic N) is 1. The van der Waals surface area contributed by atoms with Gasteiger partial charge in [0.2, 0.25) is 0 Å². The second-order valence-corrected chi connectivity index (χ2v) is 18.5. The average molecular weight is 888 g/mol. The number of hydrogen-bond donors (Lipinski definition) is 0. The molecule has 0 aromatic heterocycles. The van der Waals surface area contributed by atoms with Gasteiger partial charge in [-0.3, -0.25) is 14.2 Å². The predicted molar refractivity (Wildman–Crippen MR) is 259 cm³/mol. The number of hydrogen-bond acceptors (Lipinski definition) is 8. The van der Waals surface area contributed by atoms with Crippen molar-refractivity contribution >= 4 is 19.8 Å². The molecule has 0 aliphatic heterocycles. The van der Waals surface area contributed by atoms with Crippen molar-refractivity contribution < 1.29 is 42.1 Å². The summed E-state index contributed by atoms with van der Waals surface area (Å²) in [6.45, 7) is 4.05. The maximum absolute atomic E-state index is 12.7. The summed E-state index contributed by atoms with van der Waals surface area (Å²) in [7, 11) is 1.13. The lowest BCUT2D eigenvalue weighted by Crippen LogP contribution is -2.37. The minimum atomic E-state index is -4.64. The third kappa shape index (κ3) is 46.7. The first-order chi connectivity index (χ1) is 30.0. The van der Waals surface area contributed by atoms with Gasteiger partial charge in [-0.15, -0.1) is 0 Å². The zero-order valence-corrected chi connectivity index (χ0v) is 40.9. The minimum absolute atomic E-state index is 0.0430. The Hall–Kier alpha value is -2.81. The van der Waals surface area contributed by atoms with E-state index in [1.54, 1.807) is 0 Å². The molecule has 0 aromatic carbocycles. The Morgan fingerprint density at radius 1 is 0.516 bits per heavy atom. The van der Waals surface area contributed by atoms with Crippen LogP contribution in [0, 0.1) is 0 Å². The van der Waals surface area contributed by atoms with E-state index in [1.807, 2.05) is 21.1 Å². The molecule has 0 bridgehead atoms. The van der Waals surface area contributed by atoms with Gasteiger partial charge in [-0.2, -0.15) is 0 Å². The number of ether oxygens (including phenoxy) is 2. The van der Waals surface area contributed by atoms with Gasteiger partial charge in [0, 0.05) is 12.8 Å². The van der Waals surface area contributed by atoms with Crippen LogP contribution in [0.5, 0.6) is 0 Å². The molecule has 0 aromatic rings. The first-order valence-electron chi connectivity index (χ1n) is 24.3. The summed E-state index contributed by atoms with van der Waals surface area (Å²) in [5, 5.41) is 0. The Morgan fingerprint density at radius 2 is 0.919 bits per heavy atom. The number of rotatable bonds is 43. The third-order valence-electron chi connectivity index (χ3n) is 9.90. The van der Waals surface area contributed by atoms with Gasteiger partial charge in [-0.1, -0.05) is 163 Å². The van der Waals surface area contributed by atoms with Crippen molar-refractivity contribution in [2.45, 2.75) is 187 Å². The van der Waals surface area contributed by atoms with Gasteiger partial charge in [0.15, 0.2) is 6.10 Å². The number of carbonyl (C=O) groups excluding carboxylic acids is 2. The first kappa shape index (κ1) is 59.2. The van der Waals surface area contributed by atoms with Crippen molar-refractivity contribution in [1.82, 2.24) is 0 Å². The van der Waals surface area contributed by atoms with Crippen LogP contribution in [0.4, 0.5) is 0 Å². The number of unbranched alkanes of at least 4 members (excludes halogenated alkanes) is 15. The summed E-state index contributed by atoms with van der Waals surface area (Å²) in [4.78, 5) is 37.7. The zero-order chi connectivity index (χ0) is 45.7. The van der Waals surface area contributed by atoms with Gasteiger partial charge in [0.05, 0.1) is 27.7 Å². The summed E-state index contributed by atoms with van der Waals surface area (Å²) in [5.74, 6) is -0.883. The van der Waals surface area contributed by atoms with Crippen LogP contribution in [0.15, 0.2) is 85.1 Å². The van der Waals surface area contributed by atoms with E-state index in [1.165, 1.54) is 38.5 Å². The third-order valence-corrected chi connectivity index (χ3v) is 10.9. The number of esters is 2. The van der Waals surface area contributed by atoms with E-state index in [-0.39, 0.29) is 26.1 Å². The van der Waals surface area contributed by atoms with E-state index in [0.29, 0.717) is 23.9 Å². The fourth-order valence-corrected chi connectivity index (χ4v) is 6.85. The van der Waals surface area contributed by atoms with Gasteiger partial charge < -0.3 is 27.9 Å². The standard InChI is InChI=1S/C52H90NO8P/c1-6-8-10-12-14-16-18-20-22-24-25-26-27-29-30-32-34-36-38-40-42-44-51(54)58-48-50(49-60-62(56,57)59-47-46-53(3,4)5)61-52(55)45-43-41-39-37-35-33-31-28-23-21-19-17-15-13-11-9-7-2/h9,11,15,17-18,20-21,23-25,27,29,31,33,50H,6-8,10,12-14,16,19,22,26,28,30,32,34-49H2,1-5H3/b11-9-,17-15-,20-18-,23-21-,25-24-,29-27-,33-31-. The van der Waals surface area contributed by atoms with Crippen molar-refractivity contribution in [3.8, 4) is 0 Å². The lowest BCUT2D eigenvalue weighted by Gasteiger charge is -2.28. The van der Waals surface area contributed by atoms with E-state index >= 15 is 0 Å². The van der Waals surface area contributed by atoms with Gasteiger partial charge in [0.1, 0.15) is 19.8 Å². The molecule has 0 saturated heterocycles. The molecule has 0 aliphatic carbocycles. The highest BCUT2D eigenvalue weighted by Gasteiger charge is 2.21. The minimum Gasteiger partial charge on any atom is -0.756 e. The summed E-state index contributed by atoms with van der Waals surface area (Å²) < 4.78 is 33.9. The number of phosphoric acid groups is 1. The quantitative estimate of drug-likeness (QED) is 0.0196. The van der Waals surface area contributed by atoms with Gasteiger partial charge >= 0.3 is 11.9 Å². The SMILES string of the molecule is CC/C=C\C/C=C\C/C=C\C/C=C\CCCCCCC(=O)OC(COC(=O)CCCCCCCC/C=C\C/C=C\C/C=C\CCCCCCC)COP(=O)([O-])OCC[N+](C)(C)C. The van der Waals surface area contributed by atoms with Crippen LogP contribution < -0.4 is 4.89 Å². The highest BCUT2D eigenvalue weighted by molar-refractivity contribution is 7.45. The second kappa shape index (κ2) is 43.4. The smallest absolute Gasteiger partial charge is 0.306 e. The molecule has 0 radical (unpaired) electrons. The molecule has 0 saturated carbocycles. The first-order valence-corrected chi connectivity index (χ1v) is 25.8. The summed E-state index contributed by atoms with van der Waals surface area (Å²) in [5.41, 5.74) is 0. The molecule has 0 fully saturated rings. The Kier molecular flexibility index (Phi) is 41.5. The molecular weight excluding hydrogens is 798 g/mol. The predicted octanol–water partition coefficient (Wildman–Crippen LogP) is 13.7. The molecule has 0 aliphatic rings. The van der Waals surface area contributed by atoms with E-state index in [2.05, 4.69) is 98.9 Å². The average Bonchev–Trinajstić information content (AvgIpc) is 3.23. The maximum Gasteiger partial charge on any atom is 0.306 e. The van der Waals surface area contributed by atoms with Crippen molar-refractivity contribution in [3.05, 3.63) is 85.1 Å². The highest BCUT2D eigenvalue weighted by atomic mass is 31.2. The van der Waals surface area contributed by atoms with E-state index < -0.39 is 32.5 Å². The van der Waals surface area contributed by atoms with Gasteiger partial charge in [0.25, 0.3) is 7.82 Å².